The second kappa shape index (κ2) is 7.10. The van der Waals surface area contributed by atoms with Gasteiger partial charge in [0.2, 0.25) is 0 Å². The summed E-state index contributed by atoms with van der Waals surface area (Å²) in [5.74, 6) is 0.629. The van der Waals surface area contributed by atoms with Gasteiger partial charge in [0.15, 0.2) is 0 Å². The monoisotopic (exact) mass is 326 g/mol. The van der Waals surface area contributed by atoms with E-state index in [4.69, 9.17) is 11.6 Å². The number of rotatable bonds is 3. The van der Waals surface area contributed by atoms with E-state index in [9.17, 15) is 4.79 Å². The summed E-state index contributed by atoms with van der Waals surface area (Å²) in [6.45, 7) is 0. The van der Waals surface area contributed by atoms with Crippen molar-refractivity contribution in [3.63, 3.8) is 0 Å². The van der Waals surface area contributed by atoms with Gasteiger partial charge in [-0.15, -0.1) is 22.9 Å². The fourth-order valence-corrected chi connectivity index (χ4v) is 4.63. The molecule has 3 rings (SSSR count). The van der Waals surface area contributed by atoms with Crippen molar-refractivity contribution in [3.8, 4) is 0 Å². The molecule has 116 valence electrons. The first-order valence-electron chi connectivity index (χ1n) is 8.13. The molecule has 0 saturated heterocycles. The number of nitrogens with one attached hydrogen (secondary N) is 1. The van der Waals surface area contributed by atoms with Crippen LogP contribution in [0.2, 0.25) is 0 Å². The summed E-state index contributed by atoms with van der Waals surface area (Å²) < 4.78 is 0. The van der Waals surface area contributed by atoms with E-state index >= 15 is 0 Å². The summed E-state index contributed by atoms with van der Waals surface area (Å²) in [7, 11) is 0. The maximum atomic E-state index is 12.3. The van der Waals surface area contributed by atoms with E-state index in [0.29, 0.717) is 11.3 Å². The lowest BCUT2D eigenvalue weighted by Crippen LogP contribution is -2.37. The van der Waals surface area contributed by atoms with Gasteiger partial charge >= 0.3 is 0 Å². The molecule has 1 aromatic heterocycles. The smallest absolute Gasteiger partial charge is 0.263 e. The van der Waals surface area contributed by atoms with Crippen molar-refractivity contribution in [1.82, 2.24) is 10.3 Å². The Labute approximate surface area is 135 Å². The molecule has 0 radical (unpaired) electrons. The van der Waals surface area contributed by atoms with E-state index < -0.39 is 0 Å². The van der Waals surface area contributed by atoms with Gasteiger partial charge in [0.25, 0.3) is 5.91 Å². The summed E-state index contributed by atoms with van der Waals surface area (Å²) in [5.41, 5.74) is 0. The van der Waals surface area contributed by atoms with Crippen LogP contribution in [-0.4, -0.2) is 22.3 Å². The number of thiazole rings is 1. The third kappa shape index (κ3) is 3.98. The summed E-state index contributed by atoms with van der Waals surface area (Å²) in [5, 5.41) is 4.59. The lowest BCUT2D eigenvalue weighted by molar-refractivity contribution is 0.0932. The van der Waals surface area contributed by atoms with Crippen LogP contribution in [0.4, 0.5) is 0 Å². The topological polar surface area (TPSA) is 42.0 Å². The van der Waals surface area contributed by atoms with Crippen molar-refractivity contribution >= 4 is 28.8 Å². The van der Waals surface area contributed by atoms with E-state index in [-0.39, 0.29) is 11.9 Å². The molecule has 0 spiro atoms. The van der Waals surface area contributed by atoms with Gasteiger partial charge in [-0.1, -0.05) is 19.3 Å². The molecule has 5 heteroatoms. The molecule has 3 nitrogen and oxygen atoms in total. The molecule has 0 bridgehead atoms. The predicted octanol–water partition coefficient (Wildman–Crippen LogP) is 4.47. The molecule has 0 atom stereocenters. The molecule has 1 N–H and O–H groups in total. The normalized spacial score (nSPS) is 27.5. The van der Waals surface area contributed by atoms with Crippen LogP contribution in [0.25, 0.3) is 0 Å². The third-order valence-electron chi connectivity index (χ3n) is 4.69. The number of nitrogens with zero attached hydrogens (tertiary/aromatic N) is 1. The molecule has 2 saturated carbocycles. The van der Waals surface area contributed by atoms with Crippen LogP contribution >= 0.6 is 22.9 Å². The third-order valence-corrected chi connectivity index (χ3v) is 6.29. The minimum absolute atomic E-state index is 0.0487. The van der Waals surface area contributed by atoms with E-state index in [0.717, 1.165) is 35.6 Å². The molecule has 1 amide bonds. The van der Waals surface area contributed by atoms with Gasteiger partial charge in [-0.05, 0) is 38.5 Å². The van der Waals surface area contributed by atoms with Crippen molar-refractivity contribution in [1.29, 1.82) is 0 Å². The first-order valence-corrected chi connectivity index (χ1v) is 9.38. The van der Waals surface area contributed by atoms with Gasteiger partial charge in [-0.25, -0.2) is 4.98 Å². The Kier molecular flexibility index (Phi) is 5.17. The SMILES string of the molecule is O=C(NC1CCC(Cl)CC1)c1cnc(C2CCCCC2)s1. The zero-order valence-corrected chi connectivity index (χ0v) is 13.9. The fraction of sp³-hybridized carbons (Fsp3) is 0.750. The van der Waals surface area contributed by atoms with E-state index in [2.05, 4.69) is 10.3 Å². The van der Waals surface area contributed by atoms with Crippen LogP contribution < -0.4 is 5.32 Å². The summed E-state index contributed by atoms with van der Waals surface area (Å²) in [6.07, 6.45) is 12.2. The molecule has 1 heterocycles. The maximum Gasteiger partial charge on any atom is 0.263 e. The molecule has 2 aliphatic rings. The molecule has 0 unspecified atom stereocenters. The molecule has 2 aliphatic carbocycles. The predicted molar refractivity (Wildman–Crippen MR) is 87.3 cm³/mol. The lowest BCUT2D eigenvalue weighted by Gasteiger charge is -2.25. The number of alkyl halides is 1. The van der Waals surface area contributed by atoms with Crippen molar-refractivity contribution in [2.45, 2.75) is 75.1 Å². The average molecular weight is 327 g/mol. The largest absolute Gasteiger partial charge is 0.349 e. The molecular formula is C16H23ClN2OS. The highest BCUT2D eigenvalue weighted by Crippen LogP contribution is 2.34. The number of hydrogen-bond donors (Lipinski definition) is 1. The minimum atomic E-state index is 0.0487. The highest BCUT2D eigenvalue weighted by atomic mass is 35.5. The van der Waals surface area contributed by atoms with Gasteiger partial charge in [0.1, 0.15) is 4.88 Å². The van der Waals surface area contributed by atoms with Crippen LogP contribution in [0.5, 0.6) is 0 Å². The first-order chi connectivity index (χ1) is 10.2. The minimum Gasteiger partial charge on any atom is -0.349 e. The molecule has 0 aromatic carbocycles. The zero-order chi connectivity index (χ0) is 14.7. The molecule has 0 aliphatic heterocycles. The Hall–Kier alpha value is -0.610. The molecule has 2 fully saturated rings. The van der Waals surface area contributed by atoms with Crippen LogP contribution in [0.3, 0.4) is 0 Å². The Morgan fingerprint density at radius 3 is 2.57 bits per heavy atom. The quantitative estimate of drug-likeness (QED) is 0.833. The van der Waals surface area contributed by atoms with Gasteiger partial charge in [-0.2, -0.15) is 0 Å². The van der Waals surface area contributed by atoms with E-state index in [1.807, 2.05) is 0 Å². The molecular weight excluding hydrogens is 304 g/mol. The molecule has 1 aromatic rings. The van der Waals surface area contributed by atoms with Gasteiger partial charge < -0.3 is 5.32 Å². The first kappa shape index (κ1) is 15.3. The lowest BCUT2D eigenvalue weighted by atomic mass is 9.90. The fourth-order valence-electron chi connectivity index (χ4n) is 3.38. The summed E-state index contributed by atoms with van der Waals surface area (Å²) >= 11 is 7.69. The highest BCUT2D eigenvalue weighted by Gasteiger charge is 2.24. The zero-order valence-electron chi connectivity index (χ0n) is 12.3. The summed E-state index contributed by atoms with van der Waals surface area (Å²) in [6, 6.07) is 0.285. The number of aromatic nitrogens is 1. The van der Waals surface area contributed by atoms with Crippen LogP contribution in [0.1, 0.15) is 78.4 Å². The maximum absolute atomic E-state index is 12.3. The van der Waals surface area contributed by atoms with E-state index in [1.54, 1.807) is 17.5 Å². The summed E-state index contributed by atoms with van der Waals surface area (Å²) in [4.78, 5) is 17.6. The van der Waals surface area contributed by atoms with Gasteiger partial charge in [0, 0.05) is 17.3 Å². The van der Waals surface area contributed by atoms with Crippen molar-refractivity contribution in [2.24, 2.45) is 0 Å². The number of amides is 1. The van der Waals surface area contributed by atoms with Gasteiger partial charge in [0.05, 0.1) is 11.2 Å². The molecule has 21 heavy (non-hydrogen) atoms. The second-order valence-corrected chi connectivity index (χ2v) is 8.00. The number of carbonyl (C=O) groups is 1. The van der Waals surface area contributed by atoms with E-state index in [1.165, 1.54) is 32.1 Å². The van der Waals surface area contributed by atoms with Crippen LogP contribution in [-0.2, 0) is 0 Å². The Morgan fingerprint density at radius 1 is 1.14 bits per heavy atom. The van der Waals surface area contributed by atoms with Crippen LogP contribution in [0.15, 0.2) is 6.20 Å². The standard InChI is InChI=1S/C16H23ClN2OS/c17-12-6-8-13(9-7-12)19-15(20)14-10-18-16(21-14)11-4-2-1-3-5-11/h10-13H,1-9H2,(H,19,20). The number of halogens is 1. The Bertz CT molecular complexity index is 476. The van der Waals surface area contributed by atoms with Crippen molar-refractivity contribution in [3.05, 3.63) is 16.1 Å². The highest BCUT2D eigenvalue weighted by molar-refractivity contribution is 7.13. The number of hydrogen-bond acceptors (Lipinski definition) is 3. The Morgan fingerprint density at radius 2 is 1.86 bits per heavy atom. The Balaban J connectivity index is 1.56. The van der Waals surface area contributed by atoms with Crippen molar-refractivity contribution in [2.75, 3.05) is 0 Å². The van der Waals surface area contributed by atoms with Gasteiger partial charge in [-0.3, -0.25) is 4.79 Å². The second-order valence-electron chi connectivity index (χ2n) is 6.32. The average Bonchev–Trinajstić information content (AvgIpc) is 3.00. The van der Waals surface area contributed by atoms with Crippen LogP contribution in [0, 0.1) is 0 Å². The van der Waals surface area contributed by atoms with Crippen molar-refractivity contribution < 1.29 is 4.79 Å². The number of carbonyl (C=O) groups excluding carboxylic acids is 1.